The Hall–Kier alpha value is -0.850. The number of allylic oxidation sites excluding steroid dienone is 2. The Labute approximate surface area is 223 Å². The second-order valence-electron chi connectivity index (χ2n) is 13.5. The predicted molar refractivity (Wildman–Crippen MR) is 150 cm³/mol. The summed E-state index contributed by atoms with van der Waals surface area (Å²) in [4.78, 5) is 0. The lowest BCUT2D eigenvalue weighted by Gasteiger charge is -2.61. The molecule has 9 unspecified atom stereocenters. The molecular formula is C33H57NO2. The van der Waals surface area contributed by atoms with Crippen LogP contribution in [0.15, 0.2) is 11.1 Å². The molecule has 5 fully saturated rings. The summed E-state index contributed by atoms with van der Waals surface area (Å²) >= 11 is 0. The topological polar surface area (TPSA) is 64.2 Å². The molecule has 36 heavy (non-hydrogen) atoms. The van der Waals surface area contributed by atoms with Gasteiger partial charge in [-0.25, -0.2) is 0 Å². The molecule has 0 aromatic carbocycles. The molecule has 0 bridgehead atoms. The van der Waals surface area contributed by atoms with Crippen LogP contribution in [0.5, 0.6) is 0 Å². The lowest BCUT2D eigenvalue weighted by Crippen LogP contribution is -2.53. The third-order valence-corrected chi connectivity index (χ3v) is 11.4. The lowest BCUT2D eigenvalue weighted by atomic mass is 9.43. The maximum atomic E-state index is 11.0. The van der Waals surface area contributed by atoms with Crippen molar-refractivity contribution in [3.8, 4) is 6.07 Å². The molecule has 0 heterocycles. The zero-order valence-corrected chi connectivity index (χ0v) is 24.7. The Bertz CT molecular complexity index is 790. The van der Waals surface area contributed by atoms with E-state index in [4.69, 9.17) is 5.11 Å². The fourth-order valence-corrected chi connectivity index (χ4v) is 9.69. The molecule has 2 N–H and O–H groups in total. The van der Waals surface area contributed by atoms with Crippen LogP contribution in [0.4, 0.5) is 0 Å². The predicted octanol–water partition coefficient (Wildman–Crippen LogP) is 8.31. The molecule has 3 nitrogen and oxygen atoms in total. The fourth-order valence-electron chi connectivity index (χ4n) is 9.69. The molecule has 0 radical (unpaired) electrons. The molecule has 9 atom stereocenters. The van der Waals surface area contributed by atoms with Gasteiger partial charge in [-0.15, -0.1) is 0 Å². The summed E-state index contributed by atoms with van der Waals surface area (Å²) in [6, 6.07) is 2.44. The first-order chi connectivity index (χ1) is 17.3. The molecule has 0 aromatic heterocycles. The Kier molecular flexibility index (Phi) is 10.2. The van der Waals surface area contributed by atoms with Crippen molar-refractivity contribution in [1.29, 1.82) is 5.26 Å². The van der Waals surface area contributed by atoms with E-state index in [1.165, 1.54) is 70.6 Å². The van der Waals surface area contributed by atoms with E-state index in [0.29, 0.717) is 22.7 Å². The van der Waals surface area contributed by atoms with Gasteiger partial charge in [0.1, 0.15) is 0 Å². The zero-order chi connectivity index (χ0) is 26.7. The summed E-state index contributed by atoms with van der Waals surface area (Å²) in [7, 11) is 1.00. The Morgan fingerprint density at radius 1 is 0.944 bits per heavy atom. The summed E-state index contributed by atoms with van der Waals surface area (Å²) < 4.78 is 0. The van der Waals surface area contributed by atoms with Crippen molar-refractivity contribution < 1.29 is 10.2 Å². The number of nitriles is 1. The molecule has 3 heteroatoms. The van der Waals surface area contributed by atoms with Crippen LogP contribution in [0, 0.1) is 63.6 Å². The summed E-state index contributed by atoms with van der Waals surface area (Å²) in [5.41, 5.74) is 4.71. The minimum Gasteiger partial charge on any atom is -0.400 e. The maximum Gasteiger partial charge on any atom is 0.0725 e. The van der Waals surface area contributed by atoms with Crippen molar-refractivity contribution in [2.24, 2.45) is 52.3 Å². The highest BCUT2D eigenvalue weighted by Gasteiger charge is 2.61. The third-order valence-electron chi connectivity index (χ3n) is 11.4. The van der Waals surface area contributed by atoms with Gasteiger partial charge in [0.25, 0.3) is 0 Å². The normalized spacial score (nSPS) is 40.3. The fraction of sp³-hybridized carbons (Fsp3) is 0.909. The molecule has 5 rings (SSSR count). The van der Waals surface area contributed by atoms with Gasteiger partial charge in [-0.1, -0.05) is 65.5 Å². The number of fused-ring (bicyclic) bond motifs is 5. The minimum atomic E-state index is -0.448. The van der Waals surface area contributed by atoms with Gasteiger partial charge < -0.3 is 10.2 Å². The van der Waals surface area contributed by atoms with Gasteiger partial charge in [0.15, 0.2) is 0 Å². The SMILES string of the molecule is CC.CC(C)CC(C#N)C(O)CC1CCC2C3CC(=C4CC4)C4CCCCC4(C)C3CCC12C.CO. The highest BCUT2D eigenvalue weighted by molar-refractivity contribution is 5.32. The second-order valence-corrected chi connectivity index (χ2v) is 13.5. The largest absolute Gasteiger partial charge is 0.400 e. The third kappa shape index (κ3) is 5.47. The average molecular weight is 500 g/mol. The van der Waals surface area contributed by atoms with Crippen molar-refractivity contribution in [3.63, 3.8) is 0 Å². The van der Waals surface area contributed by atoms with Gasteiger partial charge in [-0.3, -0.25) is 0 Å². The van der Waals surface area contributed by atoms with Gasteiger partial charge in [-0.2, -0.15) is 5.26 Å². The number of hydrogen-bond donors (Lipinski definition) is 2. The average Bonchev–Trinajstić information content (AvgIpc) is 3.67. The first-order valence-corrected chi connectivity index (χ1v) is 15.5. The maximum absolute atomic E-state index is 11.0. The molecule has 5 saturated carbocycles. The van der Waals surface area contributed by atoms with Gasteiger partial charge in [0, 0.05) is 7.11 Å². The van der Waals surface area contributed by atoms with Gasteiger partial charge in [-0.05, 0) is 117 Å². The minimum absolute atomic E-state index is 0.197. The number of aliphatic hydroxyl groups is 2. The van der Waals surface area contributed by atoms with E-state index in [9.17, 15) is 10.4 Å². The Balaban J connectivity index is 0.000000861. The summed E-state index contributed by atoms with van der Waals surface area (Å²) in [6.45, 7) is 13.6. The molecular weight excluding hydrogens is 442 g/mol. The van der Waals surface area contributed by atoms with Crippen molar-refractivity contribution in [1.82, 2.24) is 0 Å². The molecule has 5 aliphatic rings. The molecule has 0 aromatic rings. The highest BCUT2D eigenvalue weighted by Crippen LogP contribution is 2.69. The van der Waals surface area contributed by atoms with Crippen LogP contribution in [0.2, 0.25) is 0 Å². The number of rotatable bonds is 5. The number of nitrogens with zero attached hydrogens (tertiary/aromatic N) is 1. The van der Waals surface area contributed by atoms with Gasteiger partial charge >= 0.3 is 0 Å². The summed E-state index contributed by atoms with van der Waals surface area (Å²) in [6.07, 6.45) is 16.6. The monoisotopic (exact) mass is 499 g/mol. The molecule has 0 spiro atoms. The van der Waals surface area contributed by atoms with Crippen LogP contribution in [-0.2, 0) is 0 Å². The van der Waals surface area contributed by atoms with Crippen molar-refractivity contribution >= 4 is 0 Å². The van der Waals surface area contributed by atoms with Crippen LogP contribution in [0.1, 0.15) is 125 Å². The Morgan fingerprint density at radius 3 is 2.22 bits per heavy atom. The standard InChI is InChI=1S/C30H47NO.C2H6.CH4O/c1-19(2)15-21(18-31)28(32)16-22-10-11-26-24-17-23(20-8-9-20)25-7-5-6-13-30(25,4)27(24)12-14-29(22,26)3;2*1-2/h19,21-22,24-28,32H,5-17H2,1-4H3;1-2H3;2H,1H3. The molecule has 0 saturated heterocycles. The lowest BCUT2D eigenvalue weighted by molar-refractivity contribution is -0.0934. The van der Waals surface area contributed by atoms with E-state index in [0.717, 1.165) is 43.6 Å². The van der Waals surface area contributed by atoms with E-state index in [1.807, 2.05) is 25.0 Å². The van der Waals surface area contributed by atoms with Crippen molar-refractivity contribution in [3.05, 3.63) is 11.1 Å². The van der Waals surface area contributed by atoms with E-state index < -0.39 is 6.10 Å². The molecule has 0 amide bonds. The van der Waals surface area contributed by atoms with Crippen LogP contribution < -0.4 is 0 Å². The zero-order valence-electron chi connectivity index (χ0n) is 24.7. The van der Waals surface area contributed by atoms with Gasteiger partial charge in [0.2, 0.25) is 0 Å². The van der Waals surface area contributed by atoms with E-state index >= 15 is 0 Å². The number of hydrogen-bond acceptors (Lipinski definition) is 3. The second kappa shape index (κ2) is 12.3. The van der Waals surface area contributed by atoms with Crippen molar-refractivity contribution in [2.75, 3.05) is 7.11 Å². The molecule has 0 aliphatic heterocycles. The quantitative estimate of drug-likeness (QED) is 0.374. The van der Waals surface area contributed by atoms with Crippen LogP contribution in [0.25, 0.3) is 0 Å². The van der Waals surface area contributed by atoms with Crippen LogP contribution in [-0.4, -0.2) is 23.4 Å². The summed E-state index contributed by atoms with van der Waals surface area (Å²) in [5.74, 6) is 4.39. The molecule has 206 valence electrons. The van der Waals surface area contributed by atoms with E-state index in [2.05, 4.69) is 33.8 Å². The Morgan fingerprint density at radius 2 is 1.61 bits per heavy atom. The van der Waals surface area contributed by atoms with Crippen LogP contribution in [0.3, 0.4) is 0 Å². The number of aliphatic hydroxyl groups excluding tert-OH is 2. The van der Waals surface area contributed by atoms with Crippen molar-refractivity contribution in [2.45, 2.75) is 131 Å². The van der Waals surface area contributed by atoms with E-state index in [-0.39, 0.29) is 5.92 Å². The summed E-state index contributed by atoms with van der Waals surface area (Å²) in [5, 5.41) is 27.7. The first-order valence-electron chi connectivity index (χ1n) is 15.5. The van der Waals surface area contributed by atoms with Crippen LogP contribution >= 0.6 is 0 Å². The van der Waals surface area contributed by atoms with Gasteiger partial charge in [0.05, 0.1) is 18.1 Å². The highest BCUT2D eigenvalue weighted by atomic mass is 16.3. The smallest absolute Gasteiger partial charge is 0.0725 e. The molecule has 5 aliphatic carbocycles. The first kappa shape index (κ1) is 29.7. The van der Waals surface area contributed by atoms with E-state index in [1.54, 1.807) is 0 Å².